The van der Waals surface area contributed by atoms with Crippen molar-refractivity contribution in [3.63, 3.8) is 0 Å². The first-order valence-corrected chi connectivity index (χ1v) is 4.27. The van der Waals surface area contributed by atoms with Gasteiger partial charge in [0.25, 0.3) is 0 Å². The third kappa shape index (κ3) is 1.87. The van der Waals surface area contributed by atoms with Gasteiger partial charge in [0.05, 0.1) is 18.8 Å². The molecular formula is C8H13N3O2. The van der Waals surface area contributed by atoms with Crippen LogP contribution < -0.4 is 0 Å². The Bertz CT molecular complexity index is 261. The van der Waals surface area contributed by atoms with E-state index < -0.39 is 0 Å². The zero-order chi connectivity index (χ0) is 9.31. The Morgan fingerprint density at radius 3 is 2.62 bits per heavy atom. The van der Waals surface area contributed by atoms with Gasteiger partial charge in [0.1, 0.15) is 12.7 Å². The van der Waals surface area contributed by atoms with Gasteiger partial charge in [-0.05, 0) is 13.8 Å². The van der Waals surface area contributed by atoms with Crippen LogP contribution in [0.15, 0.2) is 12.7 Å². The molecule has 1 aliphatic heterocycles. The minimum absolute atomic E-state index is 0.0805. The Kier molecular flexibility index (Phi) is 2.05. The van der Waals surface area contributed by atoms with Crippen LogP contribution in [0.2, 0.25) is 0 Å². The van der Waals surface area contributed by atoms with Gasteiger partial charge in [0, 0.05) is 0 Å². The largest absolute Gasteiger partial charge is 0.368 e. The van der Waals surface area contributed by atoms with Crippen LogP contribution >= 0.6 is 0 Å². The Morgan fingerprint density at radius 1 is 1.38 bits per heavy atom. The number of ether oxygens (including phenoxy) is 2. The van der Waals surface area contributed by atoms with E-state index in [0.29, 0.717) is 13.2 Å². The van der Waals surface area contributed by atoms with E-state index >= 15 is 0 Å². The monoisotopic (exact) mass is 183 g/mol. The summed E-state index contributed by atoms with van der Waals surface area (Å²) in [5.41, 5.74) is -0.176. The van der Waals surface area contributed by atoms with Crippen molar-refractivity contribution in [2.24, 2.45) is 0 Å². The van der Waals surface area contributed by atoms with Crippen molar-refractivity contribution in [2.45, 2.75) is 25.7 Å². The molecule has 1 aliphatic rings. The third-order valence-electron chi connectivity index (χ3n) is 2.01. The van der Waals surface area contributed by atoms with E-state index in [2.05, 4.69) is 10.2 Å². The van der Waals surface area contributed by atoms with Crippen LogP contribution in [-0.2, 0) is 9.47 Å². The Labute approximate surface area is 76.7 Å². The molecule has 0 saturated carbocycles. The molecule has 1 unspecified atom stereocenters. The molecule has 0 aliphatic carbocycles. The molecule has 0 amide bonds. The van der Waals surface area contributed by atoms with E-state index in [1.165, 1.54) is 0 Å². The SMILES string of the molecule is CC1(C)COC(n2cnnc2)CO1. The normalized spacial score (nSPS) is 27.4. The second-order valence-corrected chi connectivity index (χ2v) is 3.75. The highest BCUT2D eigenvalue weighted by atomic mass is 16.6. The number of aromatic nitrogens is 3. The Balaban J connectivity index is 1.99. The Hall–Kier alpha value is -0.940. The summed E-state index contributed by atoms with van der Waals surface area (Å²) in [4.78, 5) is 0. The average molecular weight is 183 g/mol. The van der Waals surface area contributed by atoms with E-state index in [1.807, 2.05) is 13.8 Å². The van der Waals surface area contributed by atoms with Gasteiger partial charge in [-0.3, -0.25) is 4.57 Å². The Morgan fingerprint density at radius 2 is 2.08 bits per heavy atom. The lowest BCUT2D eigenvalue weighted by atomic mass is 10.1. The molecule has 1 aromatic heterocycles. The molecule has 0 spiro atoms. The minimum Gasteiger partial charge on any atom is -0.368 e. The molecule has 5 heteroatoms. The summed E-state index contributed by atoms with van der Waals surface area (Å²) in [6.45, 7) is 5.16. The third-order valence-corrected chi connectivity index (χ3v) is 2.01. The summed E-state index contributed by atoms with van der Waals surface area (Å²) in [5.74, 6) is 0. The van der Waals surface area contributed by atoms with Crippen LogP contribution in [0.25, 0.3) is 0 Å². The lowest BCUT2D eigenvalue weighted by Gasteiger charge is -2.34. The van der Waals surface area contributed by atoms with Crippen LogP contribution in [0.4, 0.5) is 0 Å². The fraction of sp³-hybridized carbons (Fsp3) is 0.750. The molecule has 0 radical (unpaired) electrons. The fourth-order valence-electron chi connectivity index (χ4n) is 1.21. The number of hydrogen-bond acceptors (Lipinski definition) is 4. The van der Waals surface area contributed by atoms with Gasteiger partial charge in [-0.25, -0.2) is 0 Å². The zero-order valence-corrected chi connectivity index (χ0v) is 7.80. The zero-order valence-electron chi connectivity index (χ0n) is 7.80. The van der Waals surface area contributed by atoms with Gasteiger partial charge in [0.2, 0.25) is 0 Å². The molecule has 1 fully saturated rings. The van der Waals surface area contributed by atoms with Gasteiger partial charge in [-0.2, -0.15) is 0 Å². The van der Waals surface area contributed by atoms with Crippen molar-refractivity contribution in [3.8, 4) is 0 Å². The quantitative estimate of drug-likeness (QED) is 0.639. The van der Waals surface area contributed by atoms with Gasteiger partial charge < -0.3 is 9.47 Å². The lowest BCUT2D eigenvalue weighted by molar-refractivity contribution is -0.198. The van der Waals surface area contributed by atoms with Crippen LogP contribution in [0, 0.1) is 0 Å². The molecule has 0 aromatic carbocycles. The summed E-state index contributed by atoms with van der Waals surface area (Å²) in [7, 11) is 0. The first-order chi connectivity index (χ1) is 6.17. The minimum atomic E-state index is -0.176. The molecule has 1 aromatic rings. The maximum atomic E-state index is 5.60. The van der Waals surface area contributed by atoms with Gasteiger partial charge in [-0.15, -0.1) is 10.2 Å². The molecule has 2 heterocycles. The van der Waals surface area contributed by atoms with Crippen molar-refractivity contribution in [1.82, 2.24) is 14.8 Å². The van der Waals surface area contributed by atoms with E-state index in [-0.39, 0.29) is 11.8 Å². The topological polar surface area (TPSA) is 49.2 Å². The van der Waals surface area contributed by atoms with Crippen molar-refractivity contribution >= 4 is 0 Å². The van der Waals surface area contributed by atoms with E-state index in [4.69, 9.17) is 9.47 Å². The van der Waals surface area contributed by atoms with Gasteiger partial charge in [-0.1, -0.05) is 0 Å². The molecule has 13 heavy (non-hydrogen) atoms. The first kappa shape index (κ1) is 8.65. The number of nitrogens with zero attached hydrogens (tertiary/aromatic N) is 3. The summed E-state index contributed by atoms with van der Waals surface area (Å²) < 4.78 is 13.0. The van der Waals surface area contributed by atoms with E-state index in [1.54, 1.807) is 17.2 Å². The highest BCUT2D eigenvalue weighted by Crippen LogP contribution is 2.22. The summed E-state index contributed by atoms with van der Waals surface area (Å²) in [6.07, 6.45) is 3.18. The molecule has 0 bridgehead atoms. The van der Waals surface area contributed by atoms with Crippen molar-refractivity contribution < 1.29 is 9.47 Å². The predicted molar refractivity (Wildman–Crippen MR) is 45.0 cm³/mol. The molecule has 0 N–H and O–H groups in total. The van der Waals surface area contributed by atoms with E-state index in [9.17, 15) is 0 Å². The molecule has 1 atom stereocenters. The molecule has 1 saturated heterocycles. The number of hydrogen-bond donors (Lipinski definition) is 0. The first-order valence-electron chi connectivity index (χ1n) is 4.27. The predicted octanol–water partition coefficient (Wildman–Crippen LogP) is 0.602. The van der Waals surface area contributed by atoms with Gasteiger partial charge >= 0.3 is 0 Å². The van der Waals surface area contributed by atoms with Crippen LogP contribution in [0.5, 0.6) is 0 Å². The highest BCUT2D eigenvalue weighted by molar-refractivity contribution is 4.75. The highest BCUT2D eigenvalue weighted by Gasteiger charge is 2.28. The molecule has 5 nitrogen and oxygen atoms in total. The maximum absolute atomic E-state index is 5.60. The van der Waals surface area contributed by atoms with Crippen molar-refractivity contribution in [3.05, 3.63) is 12.7 Å². The fourth-order valence-corrected chi connectivity index (χ4v) is 1.21. The van der Waals surface area contributed by atoms with Crippen LogP contribution in [-0.4, -0.2) is 33.6 Å². The molecule has 2 rings (SSSR count). The second kappa shape index (κ2) is 3.08. The van der Waals surface area contributed by atoms with Crippen LogP contribution in [0.1, 0.15) is 20.1 Å². The summed E-state index contributed by atoms with van der Waals surface area (Å²) in [6, 6.07) is 0. The molecular weight excluding hydrogens is 170 g/mol. The average Bonchev–Trinajstić information content (AvgIpc) is 2.56. The van der Waals surface area contributed by atoms with Crippen LogP contribution in [0.3, 0.4) is 0 Å². The van der Waals surface area contributed by atoms with Crippen molar-refractivity contribution in [1.29, 1.82) is 0 Å². The number of rotatable bonds is 1. The molecule has 72 valence electrons. The summed E-state index contributed by atoms with van der Waals surface area (Å²) in [5, 5.41) is 7.42. The van der Waals surface area contributed by atoms with Gasteiger partial charge in [0.15, 0.2) is 6.23 Å². The smallest absolute Gasteiger partial charge is 0.159 e. The maximum Gasteiger partial charge on any atom is 0.159 e. The lowest BCUT2D eigenvalue weighted by Crippen LogP contribution is -2.40. The van der Waals surface area contributed by atoms with E-state index in [0.717, 1.165) is 0 Å². The second-order valence-electron chi connectivity index (χ2n) is 3.75. The summed E-state index contributed by atoms with van der Waals surface area (Å²) >= 11 is 0. The van der Waals surface area contributed by atoms with Crippen molar-refractivity contribution in [2.75, 3.05) is 13.2 Å². The standard InChI is InChI=1S/C8H13N3O2/c1-8(2)4-12-7(3-13-8)11-5-9-10-6-11/h5-7H,3-4H2,1-2H3.